The van der Waals surface area contributed by atoms with E-state index in [4.69, 9.17) is 11.6 Å². The lowest BCUT2D eigenvalue weighted by Crippen LogP contribution is -2.55. The van der Waals surface area contributed by atoms with Gasteiger partial charge in [0.2, 0.25) is 5.91 Å². The zero-order valence-electron chi connectivity index (χ0n) is 23.6. The van der Waals surface area contributed by atoms with E-state index >= 15 is 0 Å². The van der Waals surface area contributed by atoms with E-state index in [1.165, 1.54) is 11.1 Å². The van der Waals surface area contributed by atoms with Gasteiger partial charge in [0.15, 0.2) is 11.0 Å². The van der Waals surface area contributed by atoms with E-state index in [-0.39, 0.29) is 17.9 Å². The molecule has 212 valence electrons. The van der Waals surface area contributed by atoms with Crippen molar-refractivity contribution in [1.82, 2.24) is 24.6 Å². The lowest BCUT2D eigenvalue weighted by molar-refractivity contribution is -0.133. The number of piperazine rings is 1. The largest absolute Gasteiger partial charge is 0.339 e. The number of halogens is 1. The van der Waals surface area contributed by atoms with Crippen LogP contribution in [0.3, 0.4) is 0 Å². The Morgan fingerprint density at radius 1 is 0.902 bits per heavy atom. The summed E-state index contributed by atoms with van der Waals surface area (Å²) in [6, 6.07) is 23.5. The summed E-state index contributed by atoms with van der Waals surface area (Å²) in [5, 5.41) is 10.5. The van der Waals surface area contributed by atoms with Gasteiger partial charge in [0.25, 0.3) is 5.91 Å². The maximum Gasteiger partial charge on any atom is 0.254 e. The van der Waals surface area contributed by atoms with E-state index < -0.39 is 0 Å². The number of carbonyl (C=O) groups is 2. The molecule has 1 saturated heterocycles. The molecule has 1 unspecified atom stereocenters. The highest BCUT2D eigenvalue weighted by Crippen LogP contribution is 2.29. The molecule has 0 bridgehead atoms. The van der Waals surface area contributed by atoms with Gasteiger partial charge in [-0.2, -0.15) is 0 Å². The quantitative estimate of drug-likeness (QED) is 0.175. The predicted octanol–water partition coefficient (Wildman–Crippen LogP) is 6.45. The monoisotopic (exact) mass is 587 g/mol. The normalized spacial score (nSPS) is 15.3. The first kappa shape index (κ1) is 28.9. The van der Waals surface area contributed by atoms with Crippen molar-refractivity contribution in [3.63, 3.8) is 0 Å². The van der Waals surface area contributed by atoms with Gasteiger partial charge < -0.3 is 9.80 Å². The van der Waals surface area contributed by atoms with Gasteiger partial charge in [0.05, 0.1) is 0 Å². The average Bonchev–Trinajstić information content (AvgIpc) is 3.39. The number of rotatable bonds is 8. The molecule has 4 aromatic rings. The number of amides is 2. The summed E-state index contributed by atoms with van der Waals surface area (Å²) >= 11 is 7.58. The van der Waals surface area contributed by atoms with E-state index in [0.29, 0.717) is 36.6 Å². The van der Waals surface area contributed by atoms with E-state index in [9.17, 15) is 9.59 Å². The van der Waals surface area contributed by atoms with Crippen LogP contribution in [-0.2, 0) is 4.79 Å². The van der Waals surface area contributed by atoms with Crippen LogP contribution in [0.4, 0.5) is 0 Å². The molecule has 0 spiro atoms. The van der Waals surface area contributed by atoms with Crippen molar-refractivity contribution < 1.29 is 9.59 Å². The van der Waals surface area contributed by atoms with Crippen LogP contribution < -0.4 is 0 Å². The molecule has 2 amide bonds. The number of hydrogen-bond donors (Lipinski definition) is 0. The topological polar surface area (TPSA) is 71.3 Å². The average molecular weight is 588 g/mol. The van der Waals surface area contributed by atoms with Crippen LogP contribution in [0.15, 0.2) is 78.0 Å². The van der Waals surface area contributed by atoms with E-state index in [0.717, 1.165) is 34.4 Å². The number of nitrogens with zero attached hydrogens (tertiary/aromatic N) is 5. The third kappa shape index (κ3) is 6.82. The maximum atomic E-state index is 13.0. The summed E-state index contributed by atoms with van der Waals surface area (Å²) < 4.78 is 2.09. The van der Waals surface area contributed by atoms with Crippen LogP contribution in [0.25, 0.3) is 17.1 Å². The summed E-state index contributed by atoms with van der Waals surface area (Å²) in [5.74, 6) is 1.64. The molecule has 1 aromatic heterocycles. The Balaban J connectivity index is 1.18. The smallest absolute Gasteiger partial charge is 0.254 e. The summed E-state index contributed by atoms with van der Waals surface area (Å²) in [6.45, 7) is 7.72. The third-order valence-electron chi connectivity index (χ3n) is 7.33. The van der Waals surface area contributed by atoms with Gasteiger partial charge in [-0.05, 0) is 63.6 Å². The first-order chi connectivity index (χ1) is 19.8. The number of benzene rings is 3. The van der Waals surface area contributed by atoms with Crippen molar-refractivity contribution in [1.29, 1.82) is 0 Å². The second-order valence-corrected chi connectivity index (χ2v) is 12.0. The fraction of sp³-hybridized carbons (Fsp3) is 0.312. The number of aryl methyl sites for hydroxylation is 2. The Kier molecular flexibility index (Phi) is 9.10. The summed E-state index contributed by atoms with van der Waals surface area (Å²) in [7, 11) is 0. The van der Waals surface area contributed by atoms with Crippen molar-refractivity contribution in [3.05, 3.63) is 94.5 Å². The maximum absolute atomic E-state index is 13.0. The lowest BCUT2D eigenvalue weighted by Gasteiger charge is -2.40. The molecule has 1 aliphatic rings. The Bertz CT molecular complexity index is 1500. The molecule has 0 N–H and O–H groups in total. The first-order valence-electron chi connectivity index (χ1n) is 13.9. The highest BCUT2D eigenvalue weighted by atomic mass is 35.5. The van der Waals surface area contributed by atoms with Gasteiger partial charge in [-0.15, -0.1) is 10.2 Å². The van der Waals surface area contributed by atoms with Gasteiger partial charge >= 0.3 is 0 Å². The van der Waals surface area contributed by atoms with Crippen molar-refractivity contribution in [3.8, 4) is 17.1 Å². The molecule has 0 aliphatic carbocycles. The predicted molar refractivity (Wildman–Crippen MR) is 165 cm³/mol. The lowest BCUT2D eigenvalue weighted by atomic mass is 10.1. The van der Waals surface area contributed by atoms with Crippen molar-refractivity contribution >= 4 is 35.2 Å². The van der Waals surface area contributed by atoms with Gasteiger partial charge in [0.1, 0.15) is 0 Å². The molecule has 1 aliphatic heterocycles. The molecular formula is C32H34ClN5O2S. The highest BCUT2D eigenvalue weighted by Gasteiger charge is 2.30. The zero-order valence-corrected chi connectivity index (χ0v) is 25.2. The second kappa shape index (κ2) is 12.9. The molecule has 2 heterocycles. The van der Waals surface area contributed by atoms with E-state index in [1.54, 1.807) is 36.0 Å². The minimum atomic E-state index is -0.0569. The molecular weight excluding hydrogens is 554 g/mol. The number of thioether (sulfide) groups is 1. The molecule has 5 rings (SSSR count). The number of carbonyl (C=O) groups excluding carboxylic acids is 2. The van der Waals surface area contributed by atoms with Crippen LogP contribution in [0.5, 0.6) is 0 Å². The minimum absolute atomic E-state index is 0.0274. The summed E-state index contributed by atoms with van der Waals surface area (Å²) in [5.41, 5.74) is 5.01. The van der Waals surface area contributed by atoms with Crippen LogP contribution in [-0.4, -0.2) is 67.8 Å². The summed E-state index contributed by atoms with van der Waals surface area (Å²) in [4.78, 5) is 29.7. The third-order valence-corrected chi connectivity index (χ3v) is 8.60. The van der Waals surface area contributed by atoms with Gasteiger partial charge in [-0.25, -0.2) is 0 Å². The highest BCUT2D eigenvalue weighted by molar-refractivity contribution is 7.99. The molecule has 1 fully saturated rings. The summed E-state index contributed by atoms with van der Waals surface area (Å²) in [6.07, 6.45) is 1.18. The Morgan fingerprint density at radius 3 is 2.22 bits per heavy atom. The first-order valence-corrected chi connectivity index (χ1v) is 15.2. The number of aromatic nitrogens is 3. The van der Waals surface area contributed by atoms with Crippen LogP contribution >= 0.6 is 23.4 Å². The van der Waals surface area contributed by atoms with E-state index in [1.807, 2.05) is 16.7 Å². The standard InChI is InChI=1S/C32H34ClN5O2S/c1-22-6-10-25(11-7-22)30-34-35-32(38(30)28-16-8-23(2)9-17-28)41-20-4-5-29(39)36-18-19-37(24(3)21-36)31(40)26-12-14-27(33)15-13-26/h6-17,24H,4-5,18-21H2,1-3H3. The molecule has 0 radical (unpaired) electrons. The molecule has 7 nitrogen and oxygen atoms in total. The molecule has 0 saturated carbocycles. The molecule has 41 heavy (non-hydrogen) atoms. The second-order valence-electron chi connectivity index (χ2n) is 10.5. The van der Waals surface area contributed by atoms with Crippen LogP contribution in [0.1, 0.15) is 41.3 Å². The fourth-order valence-corrected chi connectivity index (χ4v) is 5.99. The van der Waals surface area contributed by atoms with Crippen molar-refractivity contribution in [2.45, 2.75) is 44.8 Å². The molecule has 9 heteroatoms. The van der Waals surface area contributed by atoms with Crippen molar-refractivity contribution in [2.24, 2.45) is 0 Å². The van der Waals surface area contributed by atoms with Crippen molar-refractivity contribution in [2.75, 3.05) is 25.4 Å². The molecule has 1 atom stereocenters. The van der Waals surface area contributed by atoms with Crippen LogP contribution in [0, 0.1) is 13.8 Å². The SMILES string of the molecule is Cc1ccc(-c2nnc(SCCCC(=O)N3CCN(C(=O)c4ccc(Cl)cc4)C(C)C3)n2-c2ccc(C)cc2)cc1. The number of hydrogen-bond acceptors (Lipinski definition) is 5. The van der Waals surface area contributed by atoms with Gasteiger partial charge in [-0.1, -0.05) is 70.9 Å². The molecule has 3 aromatic carbocycles. The Hall–Kier alpha value is -3.62. The van der Waals surface area contributed by atoms with E-state index in [2.05, 4.69) is 77.1 Å². The van der Waals surface area contributed by atoms with Crippen LogP contribution in [0.2, 0.25) is 5.02 Å². The Morgan fingerprint density at radius 2 is 1.56 bits per heavy atom. The fourth-order valence-electron chi connectivity index (χ4n) is 4.97. The van der Waals surface area contributed by atoms with Gasteiger partial charge in [0, 0.05) is 59.7 Å². The zero-order chi connectivity index (χ0) is 28.9. The Labute approximate surface area is 250 Å². The van der Waals surface area contributed by atoms with Gasteiger partial charge in [-0.3, -0.25) is 14.2 Å². The minimum Gasteiger partial charge on any atom is -0.339 e.